The zero-order chi connectivity index (χ0) is 12.7. The Balaban J connectivity index is 1.62. The highest BCUT2D eigenvalue weighted by Crippen LogP contribution is 2.28. The van der Waals surface area contributed by atoms with Crippen molar-refractivity contribution < 1.29 is 4.52 Å². The van der Waals surface area contributed by atoms with Gasteiger partial charge in [-0.3, -0.25) is 0 Å². The van der Waals surface area contributed by atoms with Crippen LogP contribution in [0.2, 0.25) is 0 Å². The molecule has 19 heavy (non-hydrogen) atoms. The zero-order valence-electron chi connectivity index (χ0n) is 10.7. The number of hydrogen-bond acceptors (Lipinski definition) is 6. The van der Waals surface area contributed by atoms with Gasteiger partial charge in [-0.1, -0.05) is 6.07 Å². The molecule has 3 fully saturated rings. The standard InChI is InChI=1S/C13H16N4OS/c1-2-11(19-9-1)12-14-13(15-18-12)17-8-7-16-5-3-10(17)4-6-16/h1-2,9-10H,3-8H2. The van der Waals surface area contributed by atoms with Gasteiger partial charge in [0.05, 0.1) is 4.88 Å². The van der Waals surface area contributed by atoms with Crippen LogP contribution in [0.15, 0.2) is 22.0 Å². The molecule has 2 bridgehead atoms. The van der Waals surface area contributed by atoms with Crippen LogP contribution in [0.25, 0.3) is 10.8 Å². The average molecular weight is 276 g/mol. The van der Waals surface area contributed by atoms with Gasteiger partial charge in [-0.15, -0.1) is 11.3 Å². The third kappa shape index (κ3) is 2.04. The summed E-state index contributed by atoms with van der Waals surface area (Å²) < 4.78 is 5.40. The van der Waals surface area contributed by atoms with Crippen molar-refractivity contribution in [2.24, 2.45) is 0 Å². The lowest BCUT2D eigenvalue weighted by Crippen LogP contribution is -2.38. The minimum absolute atomic E-state index is 0.576. The van der Waals surface area contributed by atoms with E-state index >= 15 is 0 Å². The number of rotatable bonds is 2. The van der Waals surface area contributed by atoms with Crippen molar-refractivity contribution >= 4 is 17.3 Å². The Morgan fingerprint density at radius 2 is 2.11 bits per heavy atom. The summed E-state index contributed by atoms with van der Waals surface area (Å²) in [5.74, 6) is 1.40. The number of hydrogen-bond donors (Lipinski definition) is 0. The van der Waals surface area contributed by atoms with Gasteiger partial charge in [0.15, 0.2) is 0 Å². The molecule has 5 heterocycles. The molecular weight excluding hydrogens is 260 g/mol. The molecule has 0 radical (unpaired) electrons. The Kier molecular flexibility index (Phi) is 2.77. The molecule has 0 saturated carbocycles. The van der Waals surface area contributed by atoms with Crippen LogP contribution in [0.5, 0.6) is 0 Å². The molecule has 0 spiro atoms. The van der Waals surface area contributed by atoms with Gasteiger partial charge in [0, 0.05) is 32.2 Å². The van der Waals surface area contributed by atoms with Gasteiger partial charge in [0.1, 0.15) is 0 Å². The topological polar surface area (TPSA) is 45.4 Å². The van der Waals surface area contributed by atoms with E-state index in [1.165, 1.54) is 25.9 Å². The van der Waals surface area contributed by atoms with E-state index < -0.39 is 0 Å². The Morgan fingerprint density at radius 3 is 2.89 bits per heavy atom. The molecule has 3 aliphatic heterocycles. The highest BCUT2D eigenvalue weighted by Gasteiger charge is 2.31. The van der Waals surface area contributed by atoms with Crippen LogP contribution in [0.1, 0.15) is 12.8 Å². The van der Waals surface area contributed by atoms with E-state index in [0.29, 0.717) is 11.9 Å². The predicted molar refractivity (Wildman–Crippen MR) is 74.4 cm³/mol. The first-order valence-electron chi connectivity index (χ1n) is 6.77. The molecule has 100 valence electrons. The van der Waals surface area contributed by atoms with Crippen molar-refractivity contribution in [3.8, 4) is 10.8 Å². The molecule has 3 saturated heterocycles. The molecule has 0 aromatic carbocycles. The first-order chi connectivity index (χ1) is 9.40. The summed E-state index contributed by atoms with van der Waals surface area (Å²) in [5.41, 5.74) is 0. The second kappa shape index (κ2) is 4.61. The van der Waals surface area contributed by atoms with Crippen LogP contribution in [-0.4, -0.2) is 47.3 Å². The molecule has 0 atom stereocenters. The highest BCUT2D eigenvalue weighted by atomic mass is 32.1. The van der Waals surface area contributed by atoms with Gasteiger partial charge in [0.2, 0.25) is 0 Å². The van der Waals surface area contributed by atoms with Gasteiger partial charge < -0.3 is 14.3 Å². The first-order valence-corrected chi connectivity index (χ1v) is 7.65. The largest absolute Gasteiger partial charge is 0.334 e. The van der Waals surface area contributed by atoms with E-state index in [2.05, 4.69) is 19.9 Å². The highest BCUT2D eigenvalue weighted by molar-refractivity contribution is 7.13. The van der Waals surface area contributed by atoms with E-state index in [4.69, 9.17) is 4.52 Å². The Bertz CT molecular complexity index is 545. The fraction of sp³-hybridized carbons (Fsp3) is 0.538. The van der Waals surface area contributed by atoms with Crippen LogP contribution in [-0.2, 0) is 0 Å². The number of anilines is 1. The quantitative estimate of drug-likeness (QED) is 0.840. The molecular formula is C13H16N4OS. The summed E-state index contributed by atoms with van der Waals surface area (Å²) in [6.45, 7) is 4.53. The summed E-state index contributed by atoms with van der Waals surface area (Å²) in [4.78, 5) is 10.5. The zero-order valence-corrected chi connectivity index (χ0v) is 11.5. The number of fused-ring (bicyclic) bond motifs is 4. The smallest absolute Gasteiger partial charge is 0.269 e. The minimum atomic E-state index is 0.576. The normalized spacial score (nSPS) is 26.6. The number of nitrogens with zero attached hydrogens (tertiary/aromatic N) is 4. The monoisotopic (exact) mass is 276 g/mol. The average Bonchev–Trinajstić information content (AvgIpc) is 3.05. The molecule has 0 unspecified atom stereocenters. The first kappa shape index (κ1) is 11.4. The molecule has 5 rings (SSSR count). The molecule has 5 nitrogen and oxygen atoms in total. The Hall–Kier alpha value is -1.40. The summed E-state index contributed by atoms with van der Waals surface area (Å²) in [6, 6.07) is 4.60. The maximum atomic E-state index is 5.40. The van der Waals surface area contributed by atoms with E-state index in [-0.39, 0.29) is 0 Å². The maximum Gasteiger partial charge on any atom is 0.269 e. The van der Waals surface area contributed by atoms with Crippen molar-refractivity contribution in [2.45, 2.75) is 18.9 Å². The summed E-state index contributed by atoms with van der Waals surface area (Å²) in [7, 11) is 0. The van der Waals surface area contributed by atoms with Crippen LogP contribution < -0.4 is 4.90 Å². The molecule has 6 heteroatoms. The number of thiophene rings is 1. The van der Waals surface area contributed by atoms with Crippen molar-refractivity contribution in [3.05, 3.63) is 17.5 Å². The second-order valence-electron chi connectivity index (χ2n) is 5.14. The van der Waals surface area contributed by atoms with Gasteiger partial charge >= 0.3 is 0 Å². The maximum absolute atomic E-state index is 5.40. The predicted octanol–water partition coefficient (Wildman–Crippen LogP) is 2.08. The molecule has 0 N–H and O–H groups in total. The van der Waals surface area contributed by atoms with E-state index in [0.717, 1.165) is 23.9 Å². The van der Waals surface area contributed by atoms with E-state index in [1.807, 2.05) is 17.5 Å². The lowest BCUT2D eigenvalue weighted by molar-refractivity contribution is 0.250. The third-order valence-corrected chi connectivity index (χ3v) is 4.92. The number of piperidine rings is 1. The van der Waals surface area contributed by atoms with Gasteiger partial charge in [-0.25, -0.2) is 0 Å². The second-order valence-corrected chi connectivity index (χ2v) is 6.09. The van der Waals surface area contributed by atoms with Crippen LogP contribution >= 0.6 is 11.3 Å². The molecule has 3 aliphatic rings. The van der Waals surface area contributed by atoms with Gasteiger partial charge in [-0.2, -0.15) is 4.98 Å². The van der Waals surface area contributed by atoms with Gasteiger partial charge in [0.25, 0.3) is 11.8 Å². The van der Waals surface area contributed by atoms with E-state index in [1.54, 1.807) is 11.3 Å². The lowest BCUT2D eigenvalue weighted by atomic mass is 10.1. The summed E-state index contributed by atoms with van der Waals surface area (Å²) >= 11 is 1.63. The van der Waals surface area contributed by atoms with Crippen LogP contribution in [0, 0.1) is 0 Å². The SMILES string of the molecule is c1csc(-c2nc(N3CCN4CCC3CC4)no2)c1. The van der Waals surface area contributed by atoms with E-state index in [9.17, 15) is 0 Å². The Labute approximate surface area is 115 Å². The summed E-state index contributed by atoms with van der Waals surface area (Å²) in [6.07, 6.45) is 2.42. The number of aromatic nitrogens is 2. The van der Waals surface area contributed by atoms with Crippen molar-refractivity contribution in [3.63, 3.8) is 0 Å². The van der Waals surface area contributed by atoms with Crippen LogP contribution in [0.4, 0.5) is 5.95 Å². The molecule has 0 aliphatic carbocycles. The minimum Gasteiger partial charge on any atom is -0.334 e. The molecule has 2 aromatic heterocycles. The third-order valence-electron chi connectivity index (χ3n) is 4.06. The fourth-order valence-electron chi connectivity index (χ4n) is 2.98. The van der Waals surface area contributed by atoms with Crippen molar-refractivity contribution in [1.82, 2.24) is 15.0 Å². The van der Waals surface area contributed by atoms with Crippen molar-refractivity contribution in [1.29, 1.82) is 0 Å². The lowest BCUT2D eigenvalue weighted by Gasteiger charge is -2.30. The van der Waals surface area contributed by atoms with Crippen LogP contribution in [0.3, 0.4) is 0 Å². The van der Waals surface area contributed by atoms with Crippen molar-refractivity contribution in [2.75, 3.05) is 31.1 Å². The fourth-order valence-corrected chi connectivity index (χ4v) is 3.63. The molecule has 2 aromatic rings. The van der Waals surface area contributed by atoms with Gasteiger partial charge in [-0.05, 0) is 29.4 Å². The Morgan fingerprint density at radius 1 is 1.21 bits per heavy atom. The molecule has 0 amide bonds. The summed E-state index contributed by atoms with van der Waals surface area (Å²) in [5, 5.41) is 6.21.